The highest BCUT2D eigenvalue weighted by atomic mass is 16.5. The summed E-state index contributed by atoms with van der Waals surface area (Å²) in [5.41, 5.74) is 2.56. The van der Waals surface area contributed by atoms with Crippen molar-refractivity contribution in [3.05, 3.63) is 88.7 Å². The van der Waals surface area contributed by atoms with Crippen molar-refractivity contribution in [3.8, 4) is 23.0 Å². The first kappa shape index (κ1) is 20.2. The van der Waals surface area contributed by atoms with Crippen molar-refractivity contribution in [2.45, 2.75) is 6.92 Å². The lowest BCUT2D eigenvalue weighted by molar-refractivity contribution is 0.0734. The molecule has 1 aliphatic rings. The predicted molar refractivity (Wildman–Crippen MR) is 115 cm³/mol. The van der Waals surface area contributed by atoms with Gasteiger partial charge in [-0.3, -0.25) is 4.79 Å². The average Bonchev–Trinajstić information content (AvgIpc) is 3.09. The molecule has 1 heterocycles. The summed E-state index contributed by atoms with van der Waals surface area (Å²) in [4.78, 5) is 25.1. The monoisotopic (exact) mass is 416 g/mol. The van der Waals surface area contributed by atoms with Gasteiger partial charge in [-0.05, 0) is 49.4 Å². The number of fused-ring (bicyclic) bond motifs is 1. The molecular weight excluding hydrogens is 396 g/mol. The van der Waals surface area contributed by atoms with Crippen molar-refractivity contribution in [2.75, 3.05) is 14.2 Å². The standard InChI is InChI=1S/C25H20O6/c1-15-4-6-16(7-5-15)25(27)30-19-10-11-20-22(14-19)31-23(24(20)26)12-17-8-9-18(28-2)13-21(17)29-3/h4-14H,1-3H3. The minimum absolute atomic E-state index is 0.153. The van der Waals surface area contributed by atoms with Crippen LogP contribution < -0.4 is 18.9 Å². The zero-order valence-corrected chi connectivity index (χ0v) is 17.3. The van der Waals surface area contributed by atoms with Gasteiger partial charge in [0.15, 0.2) is 5.76 Å². The van der Waals surface area contributed by atoms with E-state index < -0.39 is 5.97 Å². The fraction of sp³-hybridized carbons (Fsp3) is 0.120. The van der Waals surface area contributed by atoms with Crippen LogP contribution in [0.4, 0.5) is 0 Å². The largest absolute Gasteiger partial charge is 0.497 e. The number of aryl methyl sites for hydroxylation is 1. The van der Waals surface area contributed by atoms with E-state index in [1.165, 1.54) is 13.2 Å². The van der Waals surface area contributed by atoms with E-state index in [1.807, 2.05) is 19.1 Å². The number of esters is 1. The fourth-order valence-corrected chi connectivity index (χ4v) is 3.17. The van der Waals surface area contributed by atoms with E-state index in [0.717, 1.165) is 5.56 Å². The fourth-order valence-electron chi connectivity index (χ4n) is 3.17. The number of carbonyl (C=O) groups excluding carboxylic acids is 2. The Labute approximate surface area is 179 Å². The minimum atomic E-state index is -0.483. The van der Waals surface area contributed by atoms with E-state index in [1.54, 1.807) is 55.7 Å². The first-order valence-electron chi connectivity index (χ1n) is 9.57. The molecular formula is C25H20O6. The van der Waals surface area contributed by atoms with Crippen LogP contribution >= 0.6 is 0 Å². The van der Waals surface area contributed by atoms with Crippen molar-refractivity contribution in [2.24, 2.45) is 0 Å². The lowest BCUT2D eigenvalue weighted by Gasteiger charge is -2.08. The molecule has 0 N–H and O–H groups in total. The molecule has 0 fully saturated rings. The number of benzene rings is 3. The third-order valence-electron chi connectivity index (χ3n) is 4.87. The summed E-state index contributed by atoms with van der Waals surface area (Å²) in [7, 11) is 3.11. The number of carbonyl (C=O) groups is 2. The summed E-state index contributed by atoms with van der Waals surface area (Å²) in [5.74, 6) is 1.22. The summed E-state index contributed by atoms with van der Waals surface area (Å²) in [6, 6.07) is 17.0. The zero-order valence-electron chi connectivity index (χ0n) is 17.3. The first-order valence-corrected chi connectivity index (χ1v) is 9.57. The van der Waals surface area contributed by atoms with Gasteiger partial charge in [-0.25, -0.2) is 4.79 Å². The SMILES string of the molecule is COc1ccc(C=C2Oc3cc(OC(=O)c4ccc(C)cc4)ccc3C2=O)c(OC)c1. The molecule has 0 unspecified atom stereocenters. The van der Waals surface area contributed by atoms with Gasteiger partial charge in [0, 0.05) is 17.7 Å². The molecule has 1 aliphatic heterocycles. The lowest BCUT2D eigenvalue weighted by atomic mass is 10.1. The van der Waals surface area contributed by atoms with Gasteiger partial charge in [0.2, 0.25) is 5.78 Å². The van der Waals surface area contributed by atoms with Gasteiger partial charge in [0.25, 0.3) is 0 Å². The summed E-state index contributed by atoms with van der Waals surface area (Å²) >= 11 is 0. The summed E-state index contributed by atoms with van der Waals surface area (Å²) < 4.78 is 21.8. The molecule has 3 aromatic rings. The molecule has 0 radical (unpaired) electrons. The van der Waals surface area contributed by atoms with Crippen LogP contribution in [-0.2, 0) is 0 Å². The van der Waals surface area contributed by atoms with Crippen LogP contribution in [0.1, 0.15) is 31.8 Å². The second-order valence-corrected chi connectivity index (χ2v) is 6.96. The van der Waals surface area contributed by atoms with E-state index in [2.05, 4.69) is 0 Å². The minimum Gasteiger partial charge on any atom is -0.497 e. The molecule has 156 valence electrons. The Morgan fingerprint density at radius 3 is 2.35 bits per heavy atom. The second-order valence-electron chi connectivity index (χ2n) is 6.96. The van der Waals surface area contributed by atoms with Gasteiger partial charge in [-0.15, -0.1) is 0 Å². The molecule has 6 heteroatoms. The number of hydrogen-bond donors (Lipinski definition) is 0. The number of hydrogen-bond acceptors (Lipinski definition) is 6. The molecule has 0 atom stereocenters. The topological polar surface area (TPSA) is 71.1 Å². The van der Waals surface area contributed by atoms with Crippen LogP contribution in [0.2, 0.25) is 0 Å². The normalized spacial score (nSPS) is 13.5. The van der Waals surface area contributed by atoms with Crippen LogP contribution in [0, 0.1) is 6.92 Å². The van der Waals surface area contributed by atoms with E-state index in [0.29, 0.717) is 39.7 Å². The van der Waals surface area contributed by atoms with E-state index in [-0.39, 0.29) is 11.5 Å². The van der Waals surface area contributed by atoms with E-state index in [9.17, 15) is 9.59 Å². The number of allylic oxidation sites excluding steroid dienone is 1. The first-order chi connectivity index (χ1) is 15.0. The third kappa shape index (κ3) is 4.14. The van der Waals surface area contributed by atoms with Crippen LogP contribution in [-0.4, -0.2) is 26.0 Å². The average molecular weight is 416 g/mol. The van der Waals surface area contributed by atoms with Gasteiger partial charge in [0.05, 0.1) is 25.3 Å². The zero-order chi connectivity index (χ0) is 22.0. The second kappa shape index (κ2) is 8.36. The van der Waals surface area contributed by atoms with Gasteiger partial charge in [-0.1, -0.05) is 17.7 Å². The predicted octanol–water partition coefficient (Wildman–Crippen LogP) is 4.85. The highest BCUT2D eigenvalue weighted by Crippen LogP contribution is 2.36. The molecule has 31 heavy (non-hydrogen) atoms. The summed E-state index contributed by atoms with van der Waals surface area (Å²) in [6.07, 6.45) is 1.61. The van der Waals surface area contributed by atoms with Crippen LogP contribution in [0.3, 0.4) is 0 Å². The van der Waals surface area contributed by atoms with E-state index in [4.69, 9.17) is 18.9 Å². The number of ether oxygens (including phenoxy) is 4. The molecule has 0 aromatic heterocycles. The Hall–Kier alpha value is -4.06. The Bertz CT molecular complexity index is 1190. The Kier molecular flexibility index (Phi) is 5.45. The van der Waals surface area contributed by atoms with E-state index >= 15 is 0 Å². The quantitative estimate of drug-likeness (QED) is 0.336. The van der Waals surface area contributed by atoms with Gasteiger partial charge >= 0.3 is 5.97 Å². The molecule has 0 amide bonds. The smallest absolute Gasteiger partial charge is 0.343 e. The highest BCUT2D eigenvalue weighted by Gasteiger charge is 2.28. The number of methoxy groups -OCH3 is 2. The van der Waals surface area contributed by atoms with Crippen molar-refractivity contribution < 1.29 is 28.5 Å². The number of rotatable bonds is 5. The van der Waals surface area contributed by atoms with Gasteiger partial charge < -0.3 is 18.9 Å². The van der Waals surface area contributed by atoms with Gasteiger partial charge in [0.1, 0.15) is 23.0 Å². The maximum Gasteiger partial charge on any atom is 0.343 e. The van der Waals surface area contributed by atoms with Crippen molar-refractivity contribution in [1.29, 1.82) is 0 Å². The number of Topliss-reactive ketones (excluding diaryl/α,β-unsaturated/α-hetero) is 1. The highest BCUT2D eigenvalue weighted by molar-refractivity contribution is 6.14. The van der Waals surface area contributed by atoms with Crippen molar-refractivity contribution in [1.82, 2.24) is 0 Å². The Balaban J connectivity index is 1.56. The summed E-state index contributed by atoms with van der Waals surface area (Å²) in [6.45, 7) is 1.94. The molecule has 0 spiro atoms. The molecule has 0 bridgehead atoms. The van der Waals surface area contributed by atoms with Gasteiger partial charge in [-0.2, -0.15) is 0 Å². The van der Waals surface area contributed by atoms with Crippen LogP contribution in [0.5, 0.6) is 23.0 Å². The maximum absolute atomic E-state index is 12.7. The molecule has 0 saturated heterocycles. The Morgan fingerprint density at radius 2 is 1.65 bits per heavy atom. The lowest BCUT2D eigenvalue weighted by Crippen LogP contribution is -2.08. The Morgan fingerprint density at radius 1 is 0.903 bits per heavy atom. The molecule has 6 nitrogen and oxygen atoms in total. The number of ketones is 1. The van der Waals surface area contributed by atoms with Crippen LogP contribution in [0.15, 0.2) is 66.4 Å². The maximum atomic E-state index is 12.7. The molecule has 0 aliphatic carbocycles. The van der Waals surface area contributed by atoms with Crippen molar-refractivity contribution >= 4 is 17.8 Å². The molecule has 4 rings (SSSR count). The molecule has 0 saturated carbocycles. The molecule has 3 aromatic carbocycles. The van der Waals surface area contributed by atoms with Crippen LogP contribution in [0.25, 0.3) is 6.08 Å². The van der Waals surface area contributed by atoms with Crippen molar-refractivity contribution in [3.63, 3.8) is 0 Å². The third-order valence-corrected chi connectivity index (χ3v) is 4.87. The summed E-state index contributed by atoms with van der Waals surface area (Å²) in [5, 5.41) is 0.